The molecule has 0 fully saturated rings. The average Bonchev–Trinajstić information content (AvgIpc) is 2.03. The largest absolute Gasteiger partial charge is 0.454 e. The smallest absolute Gasteiger partial charge is 0.385 e. The molecule has 0 aliphatic rings. The topological polar surface area (TPSA) is 40.0 Å². The first-order valence-corrected chi connectivity index (χ1v) is 3.52. The third kappa shape index (κ3) is 4.61. The van der Waals surface area contributed by atoms with Crippen LogP contribution >= 0.6 is 0 Å². The van der Waals surface area contributed by atoms with Crippen molar-refractivity contribution < 1.29 is 14.2 Å². The summed E-state index contributed by atoms with van der Waals surface area (Å²) in [4.78, 5) is 3.95. The highest BCUT2D eigenvalue weighted by Crippen LogP contribution is 1.93. The lowest BCUT2D eigenvalue weighted by atomic mass is 10.7. The van der Waals surface area contributed by atoms with Crippen LogP contribution in [0.25, 0.3) is 0 Å². The van der Waals surface area contributed by atoms with Crippen LogP contribution in [0, 0.1) is 0 Å². The minimum Gasteiger partial charge on any atom is -0.454 e. The van der Waals surface area contributed by atoms with Crippen molar-refractivity contribution in [3.8, 4) is 0 Å². The molecule has 0 aromatic carbocycles. The number of nitrogens with zero attached hydrogens (tertiary/aromatic N) is 1. The molecule has 0 rings (SSSR count). The summed E-state index contributed by atoms with van der Waals surface area (Å²) in [7, 11) is 3.09. The number of hydrogen-bond donors (Lipinski definition) is 0. The highest BCUT2D eigenvalue weighted by molar-refractivity contribution is 5.66. The molecule has 0 amide bonds. The van der Waals surface area contributed by atoms with Crippen LogP contribution in [0.4, 0.5) is 0 Å². The van der Waals surface area contributed by atoms with Gasteiger partial charge in [-0.25, -0.2) is 0 Å². The van der Waals surface area contributed by atoms with Gasteiger partial charge in [0.05, 0.1) is 13.7 Å². The molecule has 0 spiro atoms. The number of aliphatic imine (C=N–C) groups is 1. The van der Waals surface area contributed by atoms with Crippen molar-refractivity contribution in [1.29, 1.82) is 0 Å². The highest BCUT2D eigenvalue weighted by atomic mass is 16.7. The summed E-state index contributed by atoms with van der Waals surface area (Å²) >= 11 is 0. The minimum absolute atomic E-state index is 0.225. The molecule has 0 aromatic rings. The molecule has 0 aliphatic heterocycles. The first-order chi connectivity index (χ1) is 5.24. The molecule has 0 N–H and O–H groups in total. The van der Waals surface area contributed by atoms with Crippen LogP contribution in [0.3, 0.4) is 0 Å². The third-order valence-corrected chi connectivity index (χ3v) is 1.07. The standard InChI is InChI=1S/C7H15NO3/c1-5-11-7(10-4)8-6(2)9-3/h6H,5H2,1-4H3. The first kappa shape index (κ1) is 10.2. The second-order valence-electron chi connectivity index (χ2n) is 1.87. The molecule has 0 aromatic heterocycles. The van der Waals surface area contributed by atoms with E-state index in [1.165, 1.54) is 7.11 Å². The van der Waals surface area contributed by atoms with Gasteiger partial charge in [-0.2, -0.15) is 4.99 Å². The summed E-state index contributed by atoms with van der Waals surface area (Å²) in [5, 5.41) is 0. The van der Waals surface area contributed by atoms with E-state index in [2.05, 4.69) is 4.99 Å². The normalized spacial score (nSPS) is 14.4. The summed E-state index contributed by atoms with van der Waals surface area (Å²) in [5.74, 6) is 0. The van der Waals surface area contributed by atoms with E-state index in [9.17, 15) is 0 Å². The van der Waals surface area contributed by atoms with E-state index < -0.39 is 0 Å². The van der Waals surface area contributed by atoms with E-state index in [1.54, 1.807) is 14.0 Å². The van der Waals surface area contributed by atoms with Crippen molar-refractivity contribution in [2.45, 2.75) is 20.1 Å². The van der Waals surface area contributed by atoms with E-state index in [1.807, 2.05) is 6.92 Å². The number of methoxy groups -OCH3 is 2. The fourth-order valence-corrected chi connectivity index (χ4v) is 0.474. The minimum atomic E-state index is -0.225. The molecule has 0 saturated carbocycles. The monoisotopic (exact) mass is 161 g/mol. The maximum absolute atomic E-state index is 5.01. The van der Waals surface area contributed by atoms with Gasteiger partial charge in [0.2, 0.25) is 0 Å². The number of rotatable bonds is 3. The van der Waals surface area contributed by atoms with E-state index in [4.69, 9.17) is 14.2 Å². The lowest BCUT2D eigenvalue weighted by Gasteiger charge is -2.07. The van der Waals surface area contributed by atoms with Gasteiger partial charge >= 0.3 is 6.08 Å². The summed E-state index contributed by atoms with van der Waals surface area (Å²) < 4.78 is 14.7. The van der Waals surface area contributed by atoms with Crippen LogP contribution < -0.4 is 0 Å². The Morgan fingerprint density at radius 3 is 2.45 bits per heavy atom. The van der Waals surface area contributed by atoms with Crippen molar-refractivity contribution in [1.82, 2.24) is 0 Å². The van der Waals surface area contributed by atoms with Gasteiger partial charge in [-0.05, 0) is 13.8 Å². The first-order valence-electron chi connectivity index (χ1n) is 3.52. The SMILES string of the molecule is CCOC(=NC(C)OC)OC. The molecule has 4 nitrogen and oxygen atoms in total. The Labute approximate surface area is 67.2 Å². The molecule has 66 valence electrons. The second kappa shape index (κ2) is 5.97. The molecule has 11 heavy (non-hydrogen) atoms. The van der Waals surface area contributed by atoms with Gasteiger partial charge < -0.3 is 14.2 Å². The van der Waals surface area contributed by atoms with Gasteiger partial charge in [-0.1, -0.05) is 0 Å². The Hall–Kier alpha value is -0.770. The molecule has 0 bridgehead atoms. The number of ether oxygens (including phenoxy) is 3. The van der Waals surface area contributed by atoms with Crippen LogP contribution in [0.1, 0.15) is 13.8 Å². The molecule has 0 heterocycles. The Kier molecular flexibility index (Phi) is 5.56. The van der Waals surface area contributed by atoms with Crippen molar-refractivity contribution in [2.75, 3.05) is 20.8 Å². The van der Waals surface area contributed by atoms with Gasteiger partial charge in [-0.15, -0.1) is 0 Å². The molecule has 0 saturated heterocycles. The summed E-state index contributed by atoms with van der Waals surface area (Å²) in [6.45, 7) is 4.22. The predicted octanol–water partition coefficient (Wildman–Crippen LogP) is 1.02. The van der Waals surface area contributed by atoms with E-state index >= 15 is 0 Å². The molecular weight excluding hydrogens is 146 g/mol. The lowest BCUT2D eigenvalue weighted by Crippen LogP contribution is -2.12. The average molecular weight is 161 g/mol. The van der Waals surface area contributed by atoms with Gasteiger partial charge in [0.1, 0.15) is 0 Å². The van der Waals surface area contributed by atoms with Crippen LogP contribution in [0.15, 0.2) is 4.99 Å². The van der Waals surface area contributed by atoms with Crippen molar-refractivity contribution in [2.24, 2.45) is 4.99 Å². The van der Waals surface area contributed by atoms with Gasteiger partial charge in [0.15, 0.2) is 6.23 Å². The van der Waals surface area contributed by atoms with Gasteiger partial charge in [0.25, 0.3) is 0 Å². The van der Waals surface area contributed by atoms with E-state index in [-0.39, 0.29) is 12.3 Å². The Balaban J connectivity index is 3.88. The van der Waals surface area contributed by atoms with Crippen LogP contribution in [-0.2, 0) is 14.2 Å². The molecule has 1 atom stereocenters. The maximum atomic E-state index is 5.01. The quantitative estimate of drug-likeness (QED) is 0.458. The molecule has 0 radical (unpaired) electrons. The molecule has 0 aliphatic carbocycles. The fourth-order valence-electron chi connectivity index (χ4n) is 0.474. The lowest BCUT2D eigenvalue weighted by molar-refractivity contribution is 0.113. The Morgan fingerprint density at radius 2 is 2.09 bits per heavy atom. The van der Waals surface area contributed by atoms with Gasteiger partial charge in [0, 0.05) is 7.11 Å². The Morgan fingerprint density at radius 1 is 1.45 bits per heavy atom. The van der Waals surface area contributed by atoms with Crippen molar-refractivity contribution in [3.63, 3.8) is 0 Å². The van der Waals surface area contributed by atoms with E-state index in [0.29, 0.717) is 6.61 Å². The van der Waals surface area contributed by atoms with E-state index in [0.717, 1.165) is 0 Å². The highest BCUT2D eigenvalue weighted by Gasteiger charge is 2.01. The van der Waals surface area contributed by atoms with Gasteiger partial charge in [-0.3, -0.25) is 0 Å². The summed E-state index contributed by atoms with van der Waals surface area (Å²) in [6, 6.07) is 0. The van der Waals surface area contributed by atoms with Crippen molar-refractivity contribution in [3.05, 3.63) is 0 Å². The van der Waals surface area contributed by atoms with Crippen molar-refractivity contribution >= 4 is 6.08 Å². The second-order valence-corrected chi connectivity index (χ2v) is 1.87. The zero-order valence-electron chi connectivity index (χ0n) is 7.46. The van der Waals surface area contributed by atoms with Crippen LogP contribution in [0.2, 0.25) is 0 Å². The third-order valence-electron chi connectivity index (χ3n) is 1.07. The predicted molar refractivity (Wildman–Crippen MR) is 42.5 cm³/mol. The maximum Gasteiger partial charge on any atom is 0.385 e. The summed E-state index contributed by atoms with van der Waals surface area (Å²) in [6.07, 6.45) is 0.0401. The zero-order chi connectivity index (χ0) is 8.69. The number of hydrogen-bond acceptors (Lipinski definition) is 4. The van der Waals surface area contributed by atoms with Crippen LogP contribution in [0.5, 0.6) is 0 Å². The van der Waals surface area contributed by atoms with Crippen LogP contribution in [-0.4, -0.2) is 33.1 Å². The molecule has 4 heteroatoms. The fraction of sp³-hybridized carbons (Fsp3) is 0.857. The molecular formula is C7H15NO3. The zero-order valence-corrected chi connectivity index (χ0v) is 7.46. The Bertz CT molecular complexity index is 125. The molecule has 1 unspecified atom stereocenters. The summed E-state index contributed by atoms with van der Waals surface area (Å²) in [5.41, 5.74) is 0.